The van der Waals surface area contributed by atoms with Crippen LogP contribution in [-0.2, 0) is 19.7 Å². The Balaban J connectivity index is 1.29. The maximum atomic E-state index is 14.3. The molecule has 39 heavy (non-hydrogen) atoms. The molecule has 1 saturated carbocycles. The fraction of sp³-hybridized carbons (Fsp3) is 0.226. The lowest BCUT2D eigenvalue weighted by molar-refractivity contribution is -0.146. The Labute approximate surface area is 235 Å². The molecule has 0 radical (unpaired) electrons. The zero-order valence-electron chi connectivity index (χ0n) is 21.5. The first kappa shape index (κ1) is 26.9. The van der Waals surface area contributed by atoms with E-state index in [1.807, 2.05) is 61.5 Å². The highest BCUT2D eigenvalue weighted by atomic mass is 35.5. The summed E-state index contributed by atoms with van der Waals surface area (Å²) in [5.41, 5.74) is 4.23. The van der Waals surface area contributed by atoms with Crippen LogP contribution in [0.2, 0.25) is 5.02 Å². The molecule has 1 aliphatic carbocycles. The molecular formula is C31H27ClFNO4S. The SMILES string of the molecule is CCOC(=O)C1(c2ccc(-c3ccc(-c4sc(F)cc4NC(=O)OC(C)c4ccccc4Cl)cc3)cc2)CC1. The molecule has 1 unspecified atom stereocenters. The summed E-state index contributed by atoms with van der Waals surface area (Å²) < 4.78 is 25.0. The highest BCUT2D eigenvalue weighted by Crippen LogP contribution is 2.49. The molecule has 0 aliphatic heterocycles. The molecule has 5 rings (SSSR count). The number of carbonyl (C=O) groups excluding carboxylic acids is 2. The molecule has 1 aliphatic rings. The van der Waals surface area contributed by atoms with Crippen molar-refractivity contribution in [3.8, 4) is 21.6 Å². The van der Waals surface area contributed by atoms with E-state index in [0.29, 0.717) is 27.8 Å². The standard InChI is InChI=1S/C31H27ClFNO4S/c1-3-37-29(35)31(16-17-31)23-14-12-21(13-15-23)20-8-10-22(11-9-20)28-26(18-27(33)39-28)34-30(36)38-19(2)24-6-4-5-7-25(24)32/h4-15,18-19H,3,16-17H2,1-2H3,(H,34,36). The normalized spacial score (nSPS) is 14.4. The van der Waals surface area contributed by atoms with Gasteiger partial charge in [0.2, 0.25) is 0 Å². The van der Waals surface area contributed by atoms with Gasteiger partial charge in [-0.2, -0.15) is 4.39 Å². The lowest BCUT2D eigenvalue weighted by Crippen LogP contribution is -2.23. The van der Waals surface area contributed by atoms with Gasteiger partial charge in [-0.25, -0.2) is 4.79 Å². The summed E-state index contributed by atoms with van der Waals surface area (Å²) in [6.07, 6.45) is 0.331. The van der Waals surface area contributed by atoms with Gasteiger partial charge in [-0.15, -0.1) is 11.3 Å². The quantitative estimate of drug-likeness (QED) is 0.218. The van der Waals surface area contributed by atoms with Gasteiger partial charge in [0.15, 0.2) is 5.13 Å². The highest BCUT2D eigenvalue weighted by Gasteiger charge is 2.52. The molecule has 5 nitrogen and oxygen atoms in total. The number of ether oxygens (including phenoxy) is 2. The van der Waals surface area contributed by atoms with Crippen LogP contribution in [0.1, 0.15) is 43.9 Å². The summed E-state index contributed by atoms with van der Waals surface area (Å²) in [6, 6.07) is 24.0. The van der Waals surface area contributed by atoms with Crippen molar-refractivity contribution in [3.05, 3.63) is 100 Å². The third-order valence-corrected chi connectivity index (χ3v) is 8.22. The monoisotopic (exact) mass is 563 g/mol. The third-order valence-electron chi connectivity index (χ3n) is 6.90. The predicted octanol–water partition coefficient (Wildman–Crippen LogP) is 8.78. The third kappa shape index (κ3) is 5.70. The average molecular weight is 564 g/mol. The lowest BCUT2D eigenvalue weighted by atomic mass is 9.93. The number of amides is 1. The molecule has 0 bridgehead atoms. The minimum absolute atomic E-state index is 0.156. The number of hydrogen-bond donors (Lipinski definition) is 1. The Hall–Kier alpha value is -3.68. The van der Waals surface area contributed by atoms with Gasteiger partial charge in [0.25, 0.3) is 0 Å². The number of esters is 1. The van der Waals surface area contributed by atoms with E-state index < -0.39 is 22.7 Å². The largest absolute Gasteiger partial charge is 0.465 e. The summed E-state index contributed by atoms with van der Waals surface area (Å²) in [6.45, 7) is 3.92. The molecule has 4 aromatic rings. The number of halogens is 2. The minimum Gasteiger partial charge on any atom is -0.465 e. The molecular weight excluding hydrogens is 537 g/mol. The van der Waals surface area contributed by atoms with E-state index in [0.717, 1.165) is 46.4 Å². The van der Waals surface area contributed by atoms with Crippen LogP contribution in [0.25, 0.3) is 21.6 Å². The van der Waals surface area contributed by atoms with Crippen molar-refractivity contribution >= 4 is 40.7 Å². The van der Waals surface area contributed by atoms with Crippen LogP contribution in [0.3, 0.4) is 0 Å². The zero-order valence-corrected chi connectivity index (χ0v) is 23.1. The molecule has 1 heterocycles. The Kier molecular flexibility index (Phi) is 7.73. The number of carbonyl (C=O) groups is 2. The molecule has 3 aromatic carbocycles. The number of anilines is 1. The van der Waals surface area contributed by atoms with E-state index in [4.69, 9.17) is 21.1 Å². The van der Waals surface area contributed by atoms with Gasteiger partial charge in [-0.1, -0.05) is 78.3 Å². The van der Waals surface area contributed by atoms with Crippen molar-refractivity contribution in [1.29, 1.82) is 0 Å². The van der Waals surface area contributed by atoms with Crippen molar-refractivity contribution in [3.63, 3.8) is 0 Å². The van der Waals surface area contributed by atoms with Crippen LogP contribution in [-0.4, -0.2) is 18.7 Å². The molecule has 1 amide bonds. The van der Waals surface area contributed by atoms with Crippen molar-refractivity contribution in [2.75, 3.05) is 11.9 Å². The number of thiophene rings is 1. The van der Waals surface area contributed by atoms with Gasteiger partial charge < -0.3 is 9.47 Å². The first-order chi connectivity index (χ1) is 18.8. The van der Waals surface area contributed by atoms with E-state index >= 15 is 0 Å². The Morgan fingerprint density at radius 1 is 1.00 bits per heavy atom. The first-order valence-corrected chi connectivity index (χ1v) is 13.9. The second-order valence-corrected chi connectivity index (χ2v) is 10.9. The summed E-state index contributed by atoms with van der Waals surface area (Å²) in [5, 5.41) is 2.75. The van der Waals surface area contributed by atoms with E-state index in [1.54, 1.807) is 25.1 Å². The van der Waals surface area contributed by atoms with Gasteiger partial charge in [-0.3, -0.25) is 10.1 Å². The van der Waals surface area contributed by atoms with Crippen LogP contribution in [0.15, 0.2) is 78.9 Å². The fourth-order valence-electron chi connectivity index (χ4n) is 4.64. The smallest absolute Gasteiger partial charge is 0.412 e. The van der Waals surface area contributed by atoms with Gasteiger partial charge >= 0.3 is 12.1 Å². The molecule has 0 spiro atoms. The lowest BCUT2D eigenvalue weighted by Gasteiger charge is -2.15. The Morgan fingerprint density at radius 2 is 1.62 bits per heavy atom. The van der Waals surface area contributed by atoms with E-state index in [-0.39, 0.29) is 5.97 Å². The summed E-state index contributed by atoms with van der Waals surface area (Å²) in [5.74, 6) is -0.156. The van der Waals surface area contributed by atoms with Gasteiger partial charge in [0, 0.05) is 16.7 Å². The van der Waals surface area contributed by atoms with Crippen molar-refractivity contribution in [2.45, 2.75) is 38.2 Å². The van der Waals surface area contributed by atoms with Crippen LogP contribution >= 0.6 is 22.9 Å². The topological polar surface area (TPSA) is 64.6 Å². The van der Waals surface area contributed by atoms with Gasteiger partial charge in [0.1, 0.15) is 6.10 Å². The average Bonchev–Trinajstić information content (AvgIpc) is 3.67. The van der Waals surface area contributed by atoms with Crippen LogP contribution in [0.4, 0.5) is 14.9 Å². The van der Waals surface area contributed by atoms with Gasteiger partial charge in [0.05, 0.1) is 22.6 Å². The van der Waals surface area contributed by atoms with E-state index in [1.165, 1.54) is 6.07 Å². The number of hydrogen-bond acceptors (Lipinski definition) is 5. The summed E-state index contributed by atoms with van der Waals surface area (Å²) >= 11 is 7.15. The maximum absolute atomic E-state index is 14.3. The van der Waals surface area contributed by atoms with Crippen LogP contribution in [0.5, 0.6) is 0 Å². The van der Waals surface area contributed by atoms with Gasteiger partial charge in [-0.05, 0) is 55.0 Å². The number of benzene rings is 3. The molecule has 200 valence electrons. The molecule has 1 atom stereocenters. The van der Waals surface area contributed by atoms with Crippen molar-refractivity contribution in [2.24, 2.45) is 0 Å². The summed E-state index contributed by atoms with van der Waals surface area (Å²) in [7, 11) is 0. The fourth-order valence-corrected chi connectivity index (χ4v) is 5.77. The van der Waals surface area contributed by atoms with Crippen LogP contribution < -0.4 is 5.32 Å². The minimum atomic E-state index is -0.700. The van der Waals surface area contributed by atoms with E-state index in [2.05, 4.69) is 5.32 Å². The Bertz CT molecular complexity index is 1500. The van der Waals surface area contributed by atoms with E-state index in [9.17, 15) is 14.0 Å². The Morgan fingerprint density at radius 3 is 2.23 bits per heavy atom. The second-order valence-electron chi connectivity index (χ2n) is 9.44. The number of rotatable bonds is 8. The molecule has 0 saturated heterocycles. The predicted molar refractivity (Wildman–Crippen MR) is 153 cm³/mol. The summed E-state index contributed by atoms with van der Waals surface area (Å²) in [4.78, 5) is 25.6. The van der Waals surface area contributed by atoms with Crippen molar-refractivity contribution in [1.82, 2.24) is 0 Å². The molecule has 8 heteroatoms. The second kappa shape index (κ2) is 11.2. The maximum Gasteiger partial charge on any atom is 0.412 e. The zero-order chi connectivity index (χ0) is 27.6. The van der Waals surface area contributed by atoms with Crippen molar-refractivity contribution < 1.29 is 23.5 Å². The highest BCUT2D eigenvalue weighted by molar-refractivity contribution is 7.14. The molecule has 1 aromatic heterocycles. The molecule has 1 N–H and O–H groups in total. The van der Waals surface area contributed by atoms with Crippen LogP contribution in [0, 0.1) is 5.13 Å². The molecule has 1 fully saturated rings. The first-order valence-electron chi connectivity index (χ1n) is 12.7. The number of nitrogens with one attached hydrogen (secondary N) is 1.